The van der Waals surface area contributed by atoms with Gasteiger partial charge in [-0.3, -0.25) is 9.59 Å². The highest BCUT2D eigenvalue weighted by atomic mass is 79.9. The maximum absolute atomic E-state index is 12.0. The molecule has 0 aromatic carbocycles. The summed E-state index contributed by atoms with van der Waals surface area (Å²) in [6, 6.07) is 1.34. The van der Waals surface area contributed by atoms with E-state index in [4.69, 9.17) is 0 Å². The average molecular weight is 286 g/mol. The zero-order valence-electron chi connectivity index (χ0n) is 7.70. The molecule has 78 valence electrons. The van der Waals surface area contributed by atoms with Crippen molar-refractivity contribution < 1.29 is 9.59 Å². The van der Waals surface area contributed by atoms with Gasteiger partial charge in [-0.25, -0.2) is 0 Å². The minimum absolute atomic E-state index is 0.0153. The lowest BCUT2D eigenvalue weighted by atomic mass is 10.00. The highest BCUT2D eigenvalue weighted by Crippen LogP contribution is 2.25. The molecule has 0 amide bonds. The van der Waals surface area contributed by atoms with Crippen molar-refractivity contribution in [1.82, 2.24) is 5.32 Å². The molecular formula is C10H8BrNO2S. The molecule has 5 heteroatoms. The Morgan fingerprint density at radius 3 is 3.00 bits per heavy atom. The quantitative estimate of drug-likeness (QED) is 0.847. The zero-order chi connectivity index (χ0) is 10.8. The van der Waals surface area contributed by atoms with Gasteiger partial charge in [0.25, 0.3) is 0 Å². The van der Waals surface area contributed by atoms with E-state index in [1.54, 1.807) is 6.07 Å². The van der Waals surface area contributed by atoms with Crippen LogP contribution in [0.5, 0.6) is 0 Å². The minimum atomic E-state index is -0.423. The standard InChI is InChI=1S/C10H8BrNO2S/c11-10-7(2-4-15-10)9(14)8-5-6(13)1-3-12-8/h1-4,8,12H,5H2. The summed E-state index contributed by atoms with van der Waals surface area (Å²) in [6.07, 6.45) is 3.22. The molecule has 1 N–H and O–H groups in total. The number of hydrogen-bond acceptors (Lipinski definition) is 4. The lowest BCUT2D eigenvalue weighted by molar-refractivity contribution is -0.115. The second-order valence-corrected chi connectivity index (χ2v) is 5.43. The first-order valence-electron chi connectivity index (χ1n) is 4.41. The molecule has 0 saturated heterocycles. The third-order valence-corrected chi connectivity index (χ3v) is 3.86. The minimum Gasteiger partial charge on any atom is -0.380 e. The van der Waals surface area contributed by atoms with Crippen molar-refractivity contribution >= 4 is 38.8 Å². The van der Waals surface area contributed by atoms with Gasteiger partial charge in [-0.1, -0.05) is 0 Å². The Morgan fingerprint density at radius 1 is 1.60 bits per heavy atom. The largest absolute Gasteiger partial charge is 0.380 e. The summed E-state index contributed by atoms with van der Waals surface area (Å²) >= 11 is 4.78. The summed E-state index contributed by atoms with van der Waals surface area (Å²) in [6.45, 7) is 0. The SMILES string of the molecule is O=C1C=CNC(C(=O)c2ccsc2Br)C1. The molecule has 0 bridgehead atoms. The number of hydrogen-bond donors (Lipinski definition) is 1. The van der Waals surface area contributed by atoms with E-state index in [2.05, 4.69) is 21.2 Å². The number of ketones is 2. The van der Waals surface area contributed by atoms with Crippen LogP contribution < -0.4 is 5.32 Å². The summed E-state index contributed by atoms with van der Waals surface area (Å²) in [4.78, 5) is 23.1. The third kappa shape index (κ3) is 2.18. The maximum Gasteiger partial charge on any atom is 0.187 e. The van der Waals surface area contributed by atoms with Crippen molar-refractivity contribution in [3.63, 3.8) is 0 Å². The van der Waals surface area contributed by atoms with Gasteiger partial charge in [0, 0.05) is 18.2 Å². The summed E-state index contributed by atoms with van der Waals surface area (Å²) in [5.41, 5.74) is 0.639. The number of carbonyl (C=O) groups is 2. The van der Waals surface area contributed by atoms with Crippen molar-refractivity contribution in [1.29, 1.82) is 0 Å². The number of halogens is 1. The van der Waals surface area contributed by atoms with Crippen molar-refractivity contribution in [3.05, 3.63) is 33.1 Å². The van der Waals surface area contributed by atoms with Gasteiger partial charge in [0.05, 0.1) is 9.83 Å². The molecule has 1 unspecified atom stereocenters. The summed E-state index contributed by atoms with van der Waals surface area (Å²) in [5, 5.41) is 4.74. The van der Waals surface area contributed by atoms with E-state index >= 15 is 0 Å². The average Bonchev–Trinajstić information content (AvgIpc) is 2.63. The van der Waals surface area contributed by atoms with Gasteiger partial charge in [0.15, 0.2) is 11.6 Å². The van der Waals surface area contributed by atoms with Crippen LogP contribution in [0, 0.1) is 0 Å². The predicted molar refractivity (Wildman–Crippen MR) is 62.0 cm³/mol. The van der Waals surface area contributed by atoms with Crippen LogP contribution in [0.4, 0.5) is 0 Å². The van der Waals surface area contributed by atoms with E-state index < -0.39 is 6.04 Å². The van der Waals surface area contributed by atoms with Crippen LogP contribution in [0.2, 0.25) is 0 Å². The summed E-state index contributed by atoms with van der Waals surface area (Å²) < 4.78 is 0.816. The molecular weight excluding hydrogens is 278 g/mol. The van der Waals surface area contributed by atoms with Crippen LogP contribution in [0.1, 0.15) is 16.8 Å². The van der Waals surface area contributed by atoms with E-state index in [1.807, 2.05) is 5.38 Å². The molecule has 2 rings (SSSR count). The van der Waals surface area contributed by atoms with Crippen molar-refractivity contribution in [2.45, 2.75) is 12.5 Å². The van der Waals surface area contributed by atoms with E-state index in [0.717, 1.165) is 3.79 Å². The van der Waals surface area contributed by atoms with Crippen LogP contribution in [0.25, 0.3) is 0 Å². The lowest BCUT2D eigenvalue weighted by Gasteiger charge is -2.17. The lowest BCUT2D eigenvalue weighted by Crippen LogP contribution is -2.37. The Balaban J connectivity index is 2.19. The van der Waals surface area contributed by atoms with E-state index in [-0.39, 0.29) is 18.0 Å². The third-order valence-electron chi connectivity index (χ3n) is 2.17. The molecule has 0 spiro atoms. The monoisotopic (exact) mass is 285 g/mol. The number of nitrogens with one attached hydrogen (secondary N) is 1. The fraction of sp³-hybridized carbons (Fsp3) is 0.200. The van der Waals surface area contributed by atoms with Gasteiger partial charge >= 0.3 is 0 Å². The molecule has 1 aromatic heterocycles. The van der Waals surface area contributed by atoms with Crippen molar-refractivity contribution in [2.75, 3.05) is 0 Å². The van der Waals surface area contributed by atoms with Crippen molar-refractivity contribution in [2.24, 2.45) is 0 Å². The molecule has 0 aliphatic carbocycles. The molecule has 0 radical (unpaired) electrons. The van der Waals surface area contributed by atoms with Gasteiger partial charge in [0.1, 0.15) is 0 Å². The molecule has 0 fully saturated rings. The number of allylic oxidation sites excluding steroid dienone is 1. The van der Waals surface area contributed by atoms with Crippen molar-refractivity contribution in [3.8, 4) is 0 Å². The molecule has 2 heterocycles. The molecule has 1 atom stereocenters. The van der Waals surface area contributed by atoms with E-state index in [0.29, 0.717) is 5.56 Å². The normalized spacial score (nSPS) is 20.1. The first-order chi connectivity index (χ1) is 7.18. The number of Topliss-reactive ketones (excluding diaryl/α,β-unsaturated/α-hetero) is 1. The second-order valence-electron chi connectivity index (χ2n) is 3.20. The fourth-order valence-electron chi connectivity index (χ4n) is 1.41. The Bertz CT molecular complexity index is 438. The van der Waals surface area contributed by atoms with Crippen LogP contribution in [0.15, 0.2) is 27.5 Å². The van der Waals surface area contributed by atoms with Gasteiger partial charge in [-0.05, 0) is 33.5 Å². The van der Waals surface area contributed by atoms with Crippen LogP contribution in [-0.2, 0) is 4.79 Å². The topological polar surface area (TPSA) is 46.2 Å². The zero-order valence-corrected chi connectivity index (χ0v) is 10.1. The summed E-state index contributed by atoms with van der Waals surface area (Å²) in [7, 11) is 0. The summed E-state index contributed by atoms with van der Waals surface area (Å²) in [5.74, 6) is -0.0562. The predicted octanol–water partition coefficient (Wildman–Crippen LogP) is 2.14. The smallest absolute Gasteiger partial charge is 0.187 e. The van der Waals surface area contributed by atoms with Gasteiger partial charge in [-0.2, -0.15) is 0 Å². The van der Waals surface area contributed by atoms with E-state index in [1.165, 1.54) is 23.6 Å². The second kappa shape index (κ2) is 4.28. The first-order valence-corrected chi connectivity index (χ1v) is 6.08. The highest BCUT2D eigenvalue weighted by molar-refractivity contribution is 9.11. The number of carbonyl (C=O) groups excluding carboxylic acids is 2. The molecule has 15 heavy (non-hydrogen) atoms. The molecule has 1 aromatic rings. The Kier molecular flexibility index (Phi) is 3.02. The fourth-order valence-corrected chi connectivity index (χ4v) is 2.68. The highest BCUT2D eigenvalue weighted by Gasteiger charge is 2.25. The van der Waals surface area contributed by atoms with Gasteiger partial charge < -0.3 is 5.32 Å². The molecule has 0 saturated carbocycles. The van der Waals surface area contributed by atoms with Gasteiger partial charge in [-0.15, -0.1) is 11.3 Å². The van der Waals surface area contributed by atoms with Crippen LogP contribution in [-0.4, -0.2) is 17.6 Å². The number of rotatable bonds is 2. The Labute approximate surface area is 99.3 Å². The molecule has 1 aliphatic rings. The first kappa shape index (κ1) is 10.6. The maximum atomic E-state index is 12.0. The van der Waals surface area contributed by atoms with E-state index in [9.17, 15) is 9.59 Å². The van der Waals surface area contributed by atoms with Gasteiger partial charge in [0.2, 0.25) is 0 Å². The Hall–Kier alpha value is -0.940. The van der Waals surface area contributed by atoms with Crippen LogP contribution in [0.3, 0.4) is 0 Å². The Morgan fingerprint density at radius 2 is 2.40 bits per heavy atom. The van der Waals surface area contributed by atoms with Crippen LogP contribution >= 0.6 is 27.3 Å². The number of thiophene rings is 1. The molecule has 3 nitrogen and oxygen atoms in total. The molecule has 1 aliphatic heterocycles.